The summed E-state index contributed by atoms with van der Waals surface area (Å²) in [6.07, 6.45) is 5.25. The number of fused-ring (bicyclic) bond motifs is 1. The van der Waals surface area contributed by atoms with Gasteiger partial charge in [-0.2, -0.15) is 0 Å². The first kappa shape index (κ1) is 6.66. The zero-order valence-corrected chi connectivity index (χ0v) is 6.84. The van der Waals surface area contributed by atoms with Crippen LogP contribution in [-0.2, 0) is 4.74 Å². The summed E-state index contributed by atoms with van der Waals surface area (Å²) in [6.45, 7) is 4.26. The molecule has 0 aliphatic heterocycles. The van der Waals surface area contributed by atoms with Gasteiger partial charge in [0, 0.05) is 0 Å². The maximum Gasteiger partial charge on any atom is 0.0584 e. The Bertz CT molecular complexity index is 121. The van der Waals surface area contributed by atoms with Crippen LogP contribution in [0.25, 0.3) is 0 Å². The van der Waals surface area contributed by atoms with Gasteiger partial charge in [-0.25, -0.2) is 0 Å². The van der Waals surface area contributed by atoms with Crippen molar-refractivity contribution in [2.24, 2.45) is 11.8 Å². The van der Waals surface area contributed by atoms with Crippen molar-refractivity contribution in [1.82, 2.24) is 0 Å². The maximum absolute atomic E-state index is 5.71. The predicted octanol–water partition coefficient (Wildman–Crippen LogP) is 2.21. The summed E-state index contributed by atoms with van der Waals surface area (Å²) in [5.41, 5.74) is 0. The van der Waals surface area contributed by atoms with Crippen molar-refractivity contribution in [3.05, 3.63) is 0 Å². The molecule has 1 heteroatoms. The van der Waals surface area contributed by atoms with Gasteiger partial charge in [0.2, 0.25) is 0 Å². The summed E-state index contributed by atoms with van der Waals surface area (Å²) >= 11 is 0. The van der Waals surface area contributed by atoms with Crippen LogP contribution in [0.4, 0.5) is 0 Å². The van der Waals surface area contributed by atoms with Gasteiger partial charge in [-0.1, -0.05) is 0 Å². The topological polar surface area (TPSA) is 9.23 Å². The molecule has 0 bridgehead atoms. The van der Waals surface area contributed by atoms with Crippen LogP contribution in [0.15, 0.2) is 0 Å². The van der Waals surface area contributed by atoms with Gasteiger partial charge >= 0.3 is 0 Å². The smallest absolute Gasteiger partial charge is 0.0584 e. The maximum atomic E-state index is 5.71. The molecule has 58 valence electrons. The van der Waals surface area contributed by atoms with E-state index in [2.05, 4.69) is 13.8 Å². The summed E-state index contributed by atoms with van der Waals surface area (Å²) in [4.78, 5) is 0. The predicted molar refractivity (Wildman–Crippen MR) is 40.8 cm³/mol. The molecule has 0 saturated heterocycles. The highest BCUT2D eigenvalue weighted by Crippen LogP contribution is 2.52. The Kier molecular flexibility index (Phi) is 1.48. The number of hydrogen-bond donors (Lipinski definition) is 0. The Balaban J connectivity index is 1.76. The van der Waals surface area contributed by atoms with Gasteiger partial charge in [0.1, 0.15) is 0 Å². The van der Waals surface area contributed by atoms with Crippen LogP contribution >= 0.6 is 0 Å². The highest BCUT2D eigenvalue weighted by atomic mass is 16.5. The van der Waals surface area contributed by atoms with Crippen LogP contribution in [0, 0.1) is 11.8 Å². The van der Waals surface area contributed by atoms with E-state index in [4.69, 9.17) is 4.74 Å². The highest BCUT2D eigenvalue weighted by molar-refractivity contribution is 4.96. The first-order valence-corrected chi connectivity index (χ1v) is 4.41. The molecule has 2 rings (SSSR count). The lowest BCUT2D eigenvalue weighted by atomic mass is 10.2. The van der Waals surface area contributed by atoms with Crippen LogP contribution in [0.3, 0.4) is 0 Å². The molecule has 2 saturated carbocycles. The summed E-state index contributed by atoms with van der Waals surface area (Å²) in [5.74, 6) is 2.12. The molecule has 0 amide bonds. The molecule has 2 atom stereocenters. The van der Waals surface area contributed by atoms with Gasteiger partial charge in [0.25, 0.3) is 0 Å². The van der Waals surface area contributed by atoms with E-state index in [0.717, 1.165) is 11.8 Å². The lowest BCUT2D eigenvalue weighted by Gasteiger charge is -2.15. The minimum atomic E-state index is 0.433. The second-order valence-electron chi connectivity index (χ2n) is 4.03. The molecule has 2 aliphatic carbocycles. The molecular weight excluding hydrogens is 124 g/mol. The zero-order valence-electron chi connectivity index (χ0n) is 6.84. The fourth-order valence-corrected chi connectivity index (χ4v) is 2.16. The van der Waals surface area contributed by atoms with Crippen molar-refractivity contribution in [3.8, 4) is 0 Å². The third-order valence-corrected chi connectivity index (χ3v) is 2.66. The number of rotatable bonds is 2. The fourth-order valence-electron chi connectivity index (χ4n) is 2.16. The van der Waals surface area contributed by atoms with E-state index in [9.17, 15) is 0 Å². The molecule has 10 heavy (non-hydrogen) atoms. The molecule has 0 heterocycles. The molecule has 0 spiro atoms. The van der Waals surface area contributed by atoms with Crippen LogP contribution in [0.1, 0.15) is 33.1 Å². The lowest BCUT2D eigenvalue weighted by molar-refractivity contribution is 0.00570. The molecule has 0 aromatic heterocycles. The molecule has 0 aromatic rings. The average Bonchev–Trinajstić information content (AvgIpc) is 2.39. The Hall–Kier alpha value is -0.0400. The zero-order chi connectivity index (χ0) is 7.14. The van der Waals surface area contributed by atoms with Gasteiger partial charge in [-0.15, -0.1) is 0 Å². The third-order valence-electron chi connectivity index (χ3n) is 2.66. The Morgan fingerprint density at radius 3 is 2.20 bits per heavy atom. The average molecular weight is 140 g/mol. The van der Waals surface area contributed by atoms with E-state index in [0.29, 0.717) is 12.2 Å². The SMILES string of the molecule is CC(C)OC1CC2CC2C1. The highest BCUT2D eigenvalue weighted by Gasteiger charge is 2.46. The molecule has 2 fully saturated rings. The molecule has 0 radical (unpaired) electrons. The van der Waals surface area contributed by atoms with Crippen molar-refractivity contribution in [2.75, 3.05) is 0 Å². The molecular formula is C9H16O. The Labute approximate surface area is 62.8 Å². The van der Waals surface area contributed by atoms with Gasteiger partial charge < -0.3 is 4.74 Å². The first-order chi connectivity index (χ1) is 4.75. The standard InChI is InChI=1S/C9H16O/c1-6(2)10-9-4-7-3-8(7)5-9/h6-9H,3-5H2,1-2H3. The van der Waals surface area contributed by atoms with Crippen molar-refractivity contribution in [3.63, 3.8) is 0 Å². The van der Waals surface area contributed by atoms with Crippen LogP contribution in [0.5, 0.6) is 0 Å². The van der Waals surface area contributed by atoms with Crippen molar-refractivity contribution < 1.29 is 4.74 Å². The number of hydrogen-bond acceptors (Lipinski definition) is 1. The van der Waals surface area contributed by atoms with Crippen molar-refractivity contribution in [2.45, 2.75) is 45.3 Å². The van der Waals surface area contributed by atoms with Gasteiger partial charge in [0.15, 0.2) is 0 Å². The van der Waals surface area contributed by atoms with E-state index in [1.165, 1.54) is 19.3 Å². The van der Waals surface area contributed by atoms with Gasteiger partial charge in [0.05, 0.1) is 12.2 Å². The lowest BCUT2D eigenvalue weighted by Crippen LogP contribution is -2.15. The molecule has 2 aliphatic rings. The Morgan fingerprint density at radius 2 is 1.70 bits per heavy atom. The first-order valence-electron chi connectivity index (χ1n) is 4.41. The third kappa shape index (κ3) is 1.20. The molecule has 0 aromatic carbocycles. The molecule has 0 N–H and O–H groups in total. The molecule has 2 unspecified atom stereocenters. The van der Waals surface area contributed by atoms with E-state index >= 15 is 0 Å². The van der Waals surface area contributed by atoms with E-state index in [1.807, 2.05) is 0 Å². The molecule has 1 nitrogen and oxygen atoms in total. The largest absolute Gasteiger partial charge is 0.376 e. The van der Waals surface area contributed by atoms with Crippen LogP contribution < -0.4 is 0 Å². The monoisotopic (exact) mass is 140 g/mol. The minimum Gasteiger partial charge on any atom is -0.376 e. The van der Waals surface area contributed by atoms with Crippen LogP contribution in [-0.4, -0.2) is 12.2 Å². The Morgan fingerprint density at radius 1 is 1.10 bits per heavy atom. The van der Waals surface area contributed by atoms with Gasteiger partial charge in [-0.05, 0) is 44.9 Å². The van der Waals surface area contributed by atoms with Gasteiger partial charge in [-0.3, -0.25) is 0 Å². The number of ether oxygens (including phenoxy) is 1. The fraction of sp³-hybridized carbons (Fsp3) is 1.00. The minimum absolute atomic E-state index is 0.433. The summed E-state index contributed by atoms with van der Waals surface area (Å²) < 4.78 is 5.71. The van der Waals surface area contributed by atoms with E-state index in [1.54, 1.807) is 0 Å². The summed E-state index contributed by atoms with van der Waals surface area (Å²) in [6, 6.07) is 0. The van der Waals surface area contributed by atoms with Crippen molar-refractivity contribution >= 4 is 0 Å². The van der Waals surface area contributed by atoms with E-state index in [-0.39, 0.29) is 0 Å². The normalized spacial score (nSPS) is 44.1. The van der Waals surface area contributed by atoms with E-state index < -0.39 is 0 Å². The quantitative estimate of drug-likeness (QED) is 0.571. The van der Waals surface area contributed by atoms with Crippen LogP contribution in [0.2, 0.25) is 0 Å². The summed E-state index contributed by atoms with van der Waals surface area (Å²) in [5, 5.41) is 0. The second-order valence-corrected chi connectivity index (χ2v) is 4.03. The summed E-state index contributed by atoms with van der Waals surface area (Å²) in [7, 11) is 0. The second kappa shape index (κ2) is 2.23. The van der Waals surface area contributed by atoms with Crippen molar-refractivity contribution in [1.29, 1.82) is 0 Å².